The summed E-state index contributed by atoms with van der Waals surface area (Å²) in [6, 6.07) is 6.65. The Morgan fingerprint density at radius 1 is 1.50 bits per heavy atom. The number of nitrogens with two attached hydrogens (primary N) is 1. The second kappa shape index (κ2) is 4.25. The highest BCUT2D eigenvalue weighted by atomic mass is 79.9. The SMILES string of the molecule is CC1CSCc2ccc(Br)cc2C1N. The van der Waals surface area contributed by atoms with E-state index in [1.807, 2.05) is 11.8 Å². The van der Waals surface area contributed by atoms with Gasteiger partial charge < -0.3 is 5.73 Å². The predicted octanol–water partition coefficient (Wildman–Crippen LogP) is 3.33. The van der Waals surface area contributed by atoms with E-state index in [0.717, 1.165) is 16.0 Å². The van der Waals surface area contributed by atoms with E-state index in [2.05, 4.69) is 41.1 Å². The van der Waals surface area contributed by atoms with Crippen LogP contribution in [-0.4, -0.2) is 5.75 Å². The topological polar surface area (TPSA) is 26.0 Å². The van der Waals surface area contributed by atoms with Crippen LogP contribution in [0.3, 0.4) is 0 Å². The summed E-state index contributed by atoms with van der Waals surface area (Å²) in [6.45, 7) is 2.23. The van der Waals surface area contributed by atoms with Gasteiger partial charge in [-0.2, -0.15) is 11.8 Å². The number of thioether (sulfide) groups is 1. The van der Waals surface area contributed by atoms with Crippen LogP contribution in [0, 0.1) is 5.92 Å². The Bertz CT molecular complexity index is 340. The molecule has 1 aliphatic rings. The van der Waals surface area contributed by atoms with Crippen molar-refractivity contribution in [1.29, 1.82) is 0 Å². The molecule has 0 bridgehead atoms. The first-order valence-corrected chi connectivity index (χ1v) is 6.75. The quantitative estimate of drug-likeness (QED) is 0.784. The van der Waals surface area contributed by atoms with Crippen LogP contribution in [0.25, 0.3) is 0 Å². The van der Waals surface area contributed by atoms with Crippen molar-refractivity contribution >= 4 is 27.7 Å². The van der Waals surface area contributed by atoms with Gasteiger partial charge in [0.15, 0.2) is 0 Å². The maximum absolute atomic E-state index is 6.22. The summed E-state index contributed by atoms with van der Waals surface area (Å²) in [4.78, 5) is 0. The van der Waals surface area contributed by atoms with E-state index in [1.54, 1.807) is 0 Å². The minimum atomic E-state index is 0.192. The molecular formula is C11H14BrNS. The van der Waals surface area contributed by atoms with E-state index in [1.165, 1.54) is 11.1 Å². The number of fused-ring (bicyclic) bond motifs is 1. The van der Waals surface area contributed by atoms with Crippen LogP contribution in [0.4, 0.5) is 0 Å². The number of halogens is 1. The van der Waals surface area contributed by atoms with Gasteiger partial charge >= 0.3 is 0 Å². The van der Waals surface area contributed by atoms with E-state index in [0.29, 0.717) is 5.92 Å². The van der Waals surface area contributed by atoms with Crippen LogP contribution in [-0.2, 0) is 5.75 Å². The van der Waals surface area contributed by atoms with Crippen LogP contribution >= 0.6 is 27.7 Å². The van der Waals surface area contributed by atoms with Gasteiger partial charge in [-0.05, 0) is 34.9 Å². The molecule has 0 saturated carbocycles. The predicted molar refractivity (Wildman–Crippen MR) is 66.4 cm³/mol. The molecule has 0 radical (unpaired) electrons. The standard InChI is InChI=1S/C11H14BrNS/c1-7-5-14-6-8-2-3-9(12)4-10(8)11(7)13/h2-4,7,11H,5-6,13H2,1H3. The minimum Gasteiger partial charge on any atom is -0.324 e. The third-order valence-corrected chi connectivity index (χ3v) is 4.49. The fraction of sp³-hybridized carbons (Fsp3) is 0.455. The third kappa shape index (κ3) is 2.00. The Morgan fingerprint density at radius 3 is 3.07 bits per heavy atom. The van der Waals surface area contributed by atoms with Crippen molar-refractivity contribution in [2.75, 3.05) is 5.75 Å². The zero-order valence-corrected chi connectivity index (χ0v) is 10.6. The lowest BCUT2D eigenvalue weighted by Crippen LogP contribution is -2.20. The number of hydrogen-bond donors (Lipinski definition) is 1. The second-order valence-corrected chi connectivity index (χ2v) is 5.81. The van der Waals surface area contributed by atoms with Crippen molar-refractivity contribution in [3.8, 4) is 0 Å². The molecule has 2 atom stereocenters. The normalized spacial score (nSPS) is 26.8. The highest BCUT2D eigenvalue weighted by Crippen LogP contribution is 2.34. The van der Waals surface area contributed by atoms with Crippen molar-refractivity contribution in [2.24, 2.45) is 11.7 Å². The fourth-order valence-electron chi connectivity index (χ4n) is 1.77. The summed E-state index contributed by atoms with van der Waals surface area (Å²) >= 11 is 5.48. The molecule has 2 rings (SSSR count). The van der Waals surface area contributed by atoms with E-state index in [9.17, 15) is 0 Å². The van der Waals surface area contributed by atoms with Crippen molar-refractivity contribution in [2.45, 2.75) is 18.7 Å². The van der Waals surface area contributed by atoms with E-state index < -0.39 is 0 Å². The molecule has 1 aromatic rings. The first-order valence-electron chi connectivity index (χ1n) is 4.80. The first-order chi connectivity index (χ1) is 6.68. The molecule has 14 heavy (non-hydrogen) atoms. The molecule has 1 heterocycles. The minimum absolute atomic E-state index is 0.192. The molecule has 0 aromatic heterocycles. The summed E-state index contributed by atoms with van der Waals surface area (Å²) in [6.07, 6.45) is 0. The maximum atomic E-state index is 6.22. The van der Waals surface area contributed by atoms with Gasteiger partial charge in [-0.25, -0.2) is 0 Å². The highest BCUT2D eigenvalue weighted by molar-refractivity contribution is 9.10. The Labute approximate surface area is 97.6 Å². The zero-order valence-electron chi connectivity index (χ0n) is 8.16. The van der Waals surface area contributed by atoms with Gasteiger partial charge in [0.05, 0.1) is 0 Å². The summed E-state index contributed by atoms with van der Waals surface area (Å²) in [5.74, 6) is 2.82. The molecule has 1 aromatic carbocycles. The second-order valence-electron chi connectivity index (χ2n) is 3.86. The van der Waals surface area contributed by atoms with Crippen LogP contribution in [0.2, 0.25) is 0 Å². The van der Waals surface area contributed by atoms with Gasteiger partial charge in [-0.1, -0.05) is 28.9 Å². The average Bonchev–Trinajstić information content (AvgIpc) is 2.30. The zero-order chi connectivity index (χ0) is 10.1. The lowest BCUT2D eigenvalue weighted by molar-refractivity contribution is 0.523. The summed E-state index contributed by atoms with van der Waals surface area (Å²) in [5.41, 5.74) is 8.94. The highest BCUT2D eigenvalue weighted by Gasteiger charge is 2.21. The van der Waals surface area contributed by atoms with Crippen molar-refractivity contribution in [3.05, 3.63) is 33.8 Å². The fourth-order valence-corrected chi connectivity index (χ4v) is 3.33. The van der Waals surface area contributed by atoms with Crippen LogP contribution in [0.5, 0.6) is 0 Å². The van der Waals surface area contributed by atoms with Crippen molar-refractivity contribution < 1.29 is 0 Å². The monoisotopic (exact) mass is 271 g/mol. The molecule has 0 spiro atoms. The van der Waals surface area contributed by atoms with E-state index >= 15 is 0 Å². The summed E-state index contributed by atoms with van der Waals surface area (Å²) < 4.78 is 1.13. The largest absolute Gasteiger partial charge is 0.324 e. The van der Waals surface area contributed by atoms with Gasteiger partial charge in [0.25, 0.3) is 0 Å². The van der Waals surface area contributed by atoms with Gasteiger partial charge in [0.2, 0.25) is 0 Å². The van der Waals surface area contributed by atoms with Crippen molar-refractivity contribution in [1.82, 2.24) is 0 Å². The molecule has 1 nitrogen and oxygen atoms in total. The van der Waals surface area contributed by atoms with Gasteiger partial charge in [0, 0.05) is 16.3 Å². The lowest BCUT2D eigenvalue weighted by Gasteiger charge is -2.18. The number of hydrogen-bond acceptors (Lipinski definition) is 2. The maximum Gasteiger partial charge on any atom is 0.0332 e. The lowest BCUT2D eigenvalue weighted by atomic mass is 9.94. The van der Waals surface area contributed by atoms with Crippen LogP contribution in [0.15, 0.2) is 22.7 Å². The molecule has 0 fully saturated rings. The summed E-state index contributed by atoms with van der Waals surface area (Å²) in [5, 5.41) is 0. The Balaban J connectivity index is 2.44. The van der Waals surface area contributed by atoms with E-state index in [-0.39, 0.29) is 6.04 Å². The molecule has 0 amide bonds. The molecule has 3 heteroatoms. The molecule has 0 aliphatic carbocycles. The smallest absolute Gasteiger partial charge is 0.0332 e. The molecule has 2 N–H and O–H groups in total. The third-order valence-electron chi connectivity index (χ3n) is 2.72. The number of benzene rings is 1. The van der Waals surface area contributed by atoms with Gasteiger partial charge in [0.1, 0.15) is 0 Å². The Morgan fingerprint density at radius 2 is 2.29 bits per heavy atom. The van der Waals surface area contributed by atoms with Crippen molar-refractivity contribution in [3.63, 3.8) is 0 Å². The summed E-state index contributed by atoms with van der Waals surface area (Å²) in [7, 11) is 0. The van der Waals surface area contributed by atoms with Gasteiger partial charge in [-0.15, -0.1) is 0 Å². The van der Waals surface area contributed by atoms with E-state index in [4.69, 9.17) is 5.73 Å². The first kappa shape index (κ1) is 10.5. The molecular weight excluding hydrogens is 258 g/mol. The van der Waals surface area contributed by atoms with Crippen LogP contribution in [0.1, 0.15) is 24.1 Å². The van der Waals surface area contributed by atoms with Gasteiger partial charge in [-0.3, -0.25) is 0 Å². The molecule has 1 aliphatic heterocycles. The van der Waals surface area contributed by atoms with Crippen LogP contribution < -0.4 is 5.73 Å². The Kier molecular flexibility index (Phi) is 3.20. The number of rotatable bonds is 0. The molecule has 76 valence electrons. The average molecular weight is 272 g/mol. The molecule has 2 unspecified atom stereocenters. The molecule has 0 saturated heterocycles. The Hall–Kier alpha value is 0.01000.